The summed E-state index contributed by atoms with van der Waals surface area (Å²) >= 11 is 11.6. The molecule has 1 saturated heterocycles. The van der Waals surface area contributed by atoms with Gasteiger partial charge in [0.05, 0.1) is 23.3 Å². The maximum atomic E-state index is 14.1. The van der Waals surface area contributed by atoms with Gasteiger partial charge < -0.3 is 20.7 Å². The molecule has 3 rings (SSSR count). The number of hydrogen-bond acceptors (Lipinski definition) is 5. The number of nitrogens with one attached hydrogen (secondary N) is 3. The van der Waals surface area contributed by atoms with Gasteiger partial charge in [0.2, 0.25) is 12.8 Å². The van der Waals surface area contributed by atoms with Gasteiger partial charge >= 0.3 is 0 Å². The lowest BCUT2D eigenvalue weighted by Gasteiger charge is -2.26. The van der Waals surface area contributed by atoms with Gasteiger partial charge in [-0.2, -0.15) is 0 Å². The molecule has 0 aliphatic carbocycles. The Bertz CT molecular complexity index is 1070. The van der Waals surface area contributed by atoms with Crippen LogP contribution in [0.2, 0.25) is 10.0 Å². The number of amides is 2. The largest absolute Gasteiger partial charge is 0.379 e. The molecular weight excluding hydrogens is 573 g/mol. The summed E-state index contributed by atoms with van der Waals surface area (Å²) in [6, 6.07) is 7.21. The van der Waals surface area contributed by atoms with E-state index in [9.17, 15) is 18.4 Å². The van der Waals surface area contributed by atoms with E-state index in [4.69, 9.17) is 27.9 Å². The molecule has 0 radical (unpaired) electrons. The smallest absolute Gasteiger partial charge is 0.211 e. The van der Waals surface area contributed by atoms with Gasteiger partial charge in [-0.15, -0.1) is 0 Å². The van der Waals surface area contributed by atoms with Crippen LogP contribution in [-0.2, 0) is 14.3 Å². The first-order chi connectivity index (χ1) is 19.3. The molecule has 0 aromatic heterocycles. The van der Waals surface area contributed by atoms with Crippen molar-refractivity contribution in [2.45, 2.75) is 53.5 Å². The number of hydrogen-bond donors (Lipinski definition) is 3. The molecule has 0 bridgehead atoms. The fraction of sp³-hybridized carbons (Fsp3) is 0.533. The Balaban J connectivity index is 0.000000431. The summed E-state index contributed by atoms with van der Waals surface area (Å²) in [5.74, 6) is -1.16. The van der Waals surface area contributed by atoms with Crippen molar-refractivity contribution in [1.29, 1.82) is 0 Å². The average molecular weight is 618 g/mol. The van der Waals surface area contributed by atoms with E-state index in [0.29, 0.717) is 35.2 Å². The molecule has 1 fully saturated rings. The van der Waals surface area contributed by atoms with Gasteiger partial charge in [-0.1, -0.05) is 70.0 Å². The molecule has 2 unspecified atom stereocenters. The topological polar surface area (TPSA) is 82.7 Å². The molecule has 1 aliphatic heterocycles. The van der Waals surface area contributed by atoms with Crippen molar-refractivity contribution >= 4 is 41.7 Å². The molecular formula is C30H44Cl2F2N4O3. The first-order valence-corrected chi connectivity index (χ1v) is 14.4. The maximum Gasteiger partial charge on any atom is 0.211 e. The Morgan fingerprint density at radius 2 is 1.63 bits per heavy atom. The highest BCUT2D eigenvalue weighted by Crippen LogP contribution is 2.30. The van der Waals surface area contributed by atoms with E-state index < -0.39 is 11.6 Å². The van der Waals surface area contributed by atoms with Crippen molar-refractivity contribution in [3.63, 3.8) is 0 Å². The van der Waals surface area contributed by atoms with Gasteiger partial charge in [0, 0.05) is 44.5 Å². The van der Waals surface area contributed by atoms with Crippen LogP contribution in [-0.4, -0.2) is 63.7 Å². The van der Waals surface area contributed by atoms with Crippen LogP contribution in [0.5, 0.6) is 0 Å². The van der Waals surface area contributed by atoms with Crippen molar-refractivity contribution in [2.24, 2.45) is 5.41 Å². The van der Waals surface area contributed by atoms with Crippen LogP contribution in [0.25, 0.3) is 0 Å². The van der Waals surface area contributed by atoms with Crippen LogP contribution in [0.3, 0.4) is 0 Å². The van der Waals surface area contributed by atoms with E-state index in [1.807, 2.05) is 13.8 Å². The van der Waals surface area contributed by atoms with Gasteiger partial charge in [-0.25, -0.2) is 8.78 Å². The lowest BCUT2D eigenvalue weighted by atomic mass is 9.99. The zero-order valence-electron chi connectivity index (χ0n) is 24.8. The summed E-state index contributed by atoms with van der Waals surface area (Å²) in [7, 11) is 0. The van der Waals surface area contributed by atoms with E-state index in [-0.39, 0.29) is 22.0 Å². The fourth-order valence-electron chi connectivity index (χ4n) is 3.69. The van der Waals surface area contributed by atoms with Crippen molar-refractivity contribution < 1.29 is 23.1 Å². The lowest BCUT2D eigenvalue weighted by molar-refractivity contribution is -0.109. The first-order valence-electron chi connectivity index (χ1n) is 13.6. The Morgan fingerprint density at radius 1 is 1.00 bits per heavy atom. The van der Waals surface area contributed by atoms with Gasteiger partial charge in [-0.3, -0.25) is 14.5 Å². The monoisotopic (exact) mass is 616 g/mol. The Morgan fingerprint density at radius 3 is 2.22 bits per heavy atom. The third-order valence-electron chi connectivity index (χ3n) is 5.78. The Hall–Kier alpha value is -2.30. The highest BCUT2D eigenvalue weighted by atomic mass is 35.5. The zero-order chi connectivity index (χ0) is 31.0. The molecule has 2 amide bonds. The van der Waals surface area contributed by atoms with Crippen LogP contribution in [0, 0.1) is 17.0 Å². The van der Waals surface area contributed by atoms with E-state index in [1.165, 1.54) is 18.2 Å². The number of anilines is 1. The third-order valence-corrected chi connectivity index (χ3v) is 6.36. The summed E-state index contributed by atoms with van der Waals surface area (Å²) in [5.41, 5.74) is 1.97. The van der Waals surface area contributed by atoms with Crippen LogP contribution in [0.4, 0.5) is 14.5 Å². The number of benzene rings is 2. The molecule has 230 valence electrons. The zero-order valence-corrected chi connectivity index (χ0v) is 26.3. The molecule has 2 aromatic rings. The summed E-state index contributed by atoms with van der Waals surface area (Å²) in [6.45, 7) is 18.2. The normalized spacial score (nSPS) is 14.9. The summed E-state index contributed by atoms with van der Waals surface area (Å²) < 4.78 is 33.0. The van der Waals surface area contributed by atoms with E-state index >= 15 is 0 Å². The predicted octanol–water partition coefficient (Wildman–Crippen LogP) is 6.41. The van der Waals surface area contributed by atoms with E-state index in [2.05, 4.69) is 48.5 Å². The highest BCUT2D eigenvalue weighted by Gasteiger charge is 2.18. The number of carbonyl (C=O) groups excluding carboxylic acids is 2. The van der Waals surface area contributed by atoms with Gasteiger partial charge in [0.15, 0.2) is 0 Å². The molecule has 11 heteroatoms. The SMILES string of the molecule is CC(C)(C)C.CC(CNC(C)c1cc(F)c(Cl)cc1NC=O)c1cccc(Cl)c1F.O=CNCCN1CCOCC1. The molecule has 2 aromatic carbocycles. The van der Waals surface area contributed by atoms with E-state index in [0.717, 1.165) is 45.8 Å². The lowest BCUT2D eigenvalue weighted by Crippen LogP contribution is -2.40. The highest BCUT2D eigenvalue weighted by molar-refractivity contribution is 6.31. The fourth-order valence-corrected chi connectivity index (χ4v) is 4.04. The van der Waals surface area contributed by atoms with Crippen LogP contribution in [0.1, 0.15) is 64.6 Å². The first kappa shape index (κ1) is 36.7. The molecule has 0 spiro atoms. The van der Waals surface area contributed by atoms with Crippen molar-refractivity contribution in [3.05, 3.63) is 63.1 Å². The van der Waals surface area contributed by atoms with Crippen molar-refractivity contribution in [1.82, 2.24) is 15.5 Å². The van der Waals surface area contributed by atoms with Crippen molar-refractivity contribution in [3.8, 4) is 0 Å². The summed E-state index contributed by atoms with van der Waals surface area (Å²) in [5, 5.41) is 8.36. The van der Waals surface area contributed by atoms with Gasteiger partial charge in [0.1, 0.15) is 11.6 Å². The predicted molar refractivity (Wildman–Crippen MR) is 164 cm³/mol. The van der Waals surface area contributed by atoms with Crippen molar-refractivity contribution in [2.75, 3.05) is 51.3 Å². The van der Waals surface area contributed by atoms with Crippen LogP contribution >= 0.6 is 23.2 Å². The second kappa shape index (κ2) is 19.0. The Kier molecular flexibility index (Phi) is 17.0. The van der Waals surface area contributed by atoms with Crippen LogP contribution in [0.15, 0.2) is 30.3 Å². The molecule has 0 saturated carbocycles. The Labute approximate surface area is 253 Å². The van der Waals surface area contributed by atoms with E-state index in [1.54, 1.807) is 12.1 Å². The number of morpholine rings is 1. The van der Waals surface area contributed by atoms with Gasteiger partial charge in [-0.05, 0) is 47.6 Å². The van der Waals surface area contributed by atoms with Crippen LogP contribution < -0.4 is 16.0 Å². The number of rotatable bonds is 11. The minimum absolute atomic E-state index is 0.0744. The number of carbonyl (C=O) groups is 2. The summed E-state index contributed by atoms with van der Waals surface area (Å²) in [6.07, 6.45) is 1.24. The number of ether oxygens (including phenoxy) is 1. The molecule has 1 heterocycles. The molecule has 1 aliphatic rings. The maximum absolute atomic E-state index is 14.1. The molecule has 3 N–H and O–H groups in total. The number of nitrogens with zero attached hydrogens (tertiary/aromatic N) is 1. The minimum Gasteiger partial charge on any atom is -0.379 e. The second-order valence-corrected chi connectivity index (χ2v) is 12.1. The summed E-state index contributed by atoms with van der Waals surface area (Å²) in [4.78, 5) is 22.9. The minimum atomic E-state index is -0.573. The molecule has 7 nitrogen and oxygen atoms in total. The second-order valence-electron chi connectivity index (χ2n) is 11.3. The number of halogens is 4. The van der Waals surface area contributed by atoms with Gasteiger partial charge in [0.25, 0.3) is 0 Å². The average Bonchev–Trinajstić information content (AvgIpc) is 2.91. The molecule has 41 heavy (non-hydrogen) atoms. The third kappa shape index (κ3) is 14.9. The standard InChI is InChI=1S/C18H18Cl2F2N2O.C7H14N2O2.C5H12/c1-10(12-4-3-5-14(19)18(12)22)8-23-11(2)13-6-16(21)15(20)7-17(13)24-9-25;10-7-8-1-2-9-3-5-11-6-4-9;1-5(2,3)4/h3-7,9-11,23H,8H2,1-2H3,(H,24,25);7H,1-6H2,(H,8,10);1-4H3. The molecule has 2 atom stereocenters. The quantitative estimate of drug-likeness (QED) is 0.201.